The molecule has 114 valence electrons. The van der Waals surface area contributed by atoms with Crippen LogP contribution in [0.1, 0.15) is 18.4 Å². The average Bonchev–Trinajstić information content (AvgIpc) is 2.90. The lowest BCUT2D eigenvalue weighted by Crippen LogP contribution is -2.27. The lowest BCUT2D eigenvalue weighted by molar-refractivity contribution is 0.166. The number of aromatic nitrogens is 2. The van der Waals surface area contributed by atoms with Gasteiger partial charge in [0.1, 0.15) is 0 Å². The number of hydrogen-bond acceptors (Lipinski definition) is 3. The molecule has 0 unspecified atom stereocenters. The largest absolute Gasteiger partial charge is 0.385 e. The van der Waals surface area contributed by atoms with Gasteiger partial charge in [0.2, 0.25) is 0 Å². The third-order valence-corrected chi connectivity index (χ3v) is 3.46. The number of hydrogen-bond donors (Lipinski definition) is 0. The number of nitrogens with zero attached hydrogens (tertiary/aromatic N) is 3. The zero-order valence-electron chi connectivity index (χ0n) is 12.4. The van der Waals surface area contributed by atoms with Gasteiger partial charge in [-0.05, 0) is 18.4 Å². The molecule has 0 aliphatic heterocycles. The van der Waals surface area contributed by atoms with Crippen LogP contribution in [0.15, 0.2) is 42.7 Å². The quantitative estimate of drug-likeness (QED) is 0.665. The maximum absolute atomic E-state index is 5.93. The number of halogens is 1. The Labute approximate surface area is 131 Å². The van der Waals surface area contributed by atoms with E-state index in [1.165, 1.54) is 5.56 Å². The summed E-state index contributed by atoms with van der Waals surface area (Å²) in [5.74, 6) is 0. The van der Waals surface area contributed by atoms with Gasteiger partial charge in [0, 0.05) is 33.0 Å². The molecule has 4 nitrogen and oxygen atoms in total. The second-order valence-corrected chi connectivity index (χ2v) is 5.51. The van der Waals surface area contributed by atoms with E-state index in [1.807, 2.05) is 16.9 Å². The number of benzene rings is 1. The fourth-order valence-electron chi connectivity index (χ4n) is 2.24. The number of rotatable bonds is 9. The lowest BCUT2D eigenvalue weighted by atomic mass is 10.2. The van der Waals surface area contributed by atoms with Crippen LogP contribution in [0.5, 0.6) is 0 Å². The Morgan fingerprint density at radius 3 is 2.71 bits per heavy atom. The van der Waals surface area contributed by atoms with Crippen molar-refractivity contribution in [3.05, 3.63) is 53.3 Å². The number of ether oxygens (including phenoxy) is 1. The molecule has 0 atom stereocenters. The summed E-state index contributed by atoms with van der Waals surface area (Å²) < 4.78 is 6.99. The van der Waals surface area contributed by atoms with Crippen molar-refractivity contribution in [3.8, 4) is 0 Å². The van der Waals surface area contributed by atoms with Crippen molar-refractivity contribution in [2.24, 2.45) is 0 Å². The Bertz CT molecular complexity index is 515. The third kappa shape index (κ3) is 5.87. The molecule has 0 bridgehead atoms. The van der Waals surface area contributed by atoms with Crippen LogP contribution in [0.25, 0.3) is 0 Å². The van der Waals surface area contributed by atoms with Crippen LogP contribution in [0, 0.1) is 0 Å². The van der Waals surface area contributed by atoms with Crippen molar-refractivity contribution < 1.29 is 4.74 Å². The zero-order valence-corrected chi connectivity index (χ0v) is 13.2. The van der Waals surface area contributed by atoms with E-state index in [9.17, 15) is 0 Å². The molecule has 1 heterocycles. The van der Waals surface area contributed by atoms with Gasteiger partial charge in [0.05, 0.1) is 17.9 Å². The molecule has 0 aliphatic carbocycles. The Hall–Kier alpha value is -1.36. The highest BCUT2D eigenvalue weighted by Crippen LogP contribution is 2.10. The maximum Gasteiger partial charge on any atom is 0.0932 e. The van der Waals surface area contributed by atoms with E-state index in [0.29, 0.717) is 5.02 Å². The van der Waals surface area contributed by atoms with Crippen molar-refractivity contribution >= 4 is 11.6 Å². The van der Waals surface area contributed by atoms with E-state index in [1.54, 1.807) is 13.3 Å². The number of methoxy groups -OCH3 is 1. The molecule has 0 aliphatic rings. The summed E-state index contributed by atoms with van der Waals surface area (Å²) in [6, 6.07) is 10.5. The van der Waals surface area contributed by atoms with E-state index in [0.717, 1.165) is 39.2 Å². The van der Waals surface area contributed by atoms with Crippen LogP contribution in [0.2, 0.25) is 5.02 Å². The SMILES string of the molecule is COCCCCN(Cc1ccccc1)Cn1cc(Cl)cn1. The van der Waals surface area contributed by atoms with Crippen LogP contribution < -0.4 is 0 Å². The molecular formula is C16H22ClN3O. The topological polar surface area (TPSA) is 30.3 Å². The predicted molar refractivity (Wildman–Crippen MR) is 85.2 cm³/mol. The first-order valence-electron chi connectivity index (χ1n) is 7.21. The standard InChI is InChI=1S/C16H22ClN3O/c1-21-10-6-5-9-19(12-15-7-3-2-4-8-15)14-20-13-16(17)11-18-20/h2-4,7-8,11,13H,5-6,9-10,12,14H2,1H3. The van der Waals surface area contributed by atoms with Crippen molar-refractivity contribution in [3.63, 3.8) is 0 Å². The van der Waals surface area contributed by atoms with Crippen molar-refractivity contribution in [1.82, 2.24) is 14.7 Å². The van der Waals surface area contributed by atoms with Gasteiger partial charge in [-0.2, -0.15) is 5.10 Å². The van der Waals surface area contributed by atoms with Crippen molar-refractivity contribution in [2.75, 3.05) is 20.3 Å². The van der Waals surface area contributed by atoms with E-state index in [2.05, 4.69) is 34.3 Å². The second kappa shape index (κ2) is 8.82. The average molecular weight is 308 g/mol. The first-order chi connectivity index (χ1) is 10.3. The minimum atomic E-state index is 0.675. The smallest absolute Gasteiger partial charge is 0.0932 e. The molecule has 1 aromatic carbocycles. The Morgan fingerprint density at radius 1 is 1.24 bits per heavy atom. The fourth-order valence-corrected chi connectivity index (χ4v) is 2.40. The molecule has 1 aromatic heterocycles. The molecule has 2 rings (SSSR count). The van der Waals surface area contributed by atoms with E-state index >= 15 is 0 Å². The first kappa shape index (κ1) is 16.0. The van der Waals surface area contributed by atoms with Gasteiger partial charge in [-0.25, -0.2) is 0 Å². The Morgan fingerprint density at radius 2 is 2.05 bits per heavy atom. The lowest BCUT2D eigenvalue weighted by Gasteiger charge is -2.22. The van der Waals surface area contributed by atoms with Gasteiger partial charge < -0.3 is 4.74 Å². The minimum Gasteiger partial charge on any atom is -0.385 e. The molecule has 0 spiro atoms. The highest BCUT2D eigenvalue weighted by molar-refractivity contribution is 6.30. The summed E-state index contributed by atoms with van der Waals surface area (Å²) in [6.45, 7) is 3.47. The fraction of sp³-hybridized carbons (Fsp3) is 0.438. The van der Waals surface area contributed by atoms with Gasteiger partial charge in [0.25, 0.3) is 0 Å². The van der Waals surface area contributed by atoms with E-state index < -0.39 is 0 Å². The zero-order chi connectivity index (χ0) is 14.9. The highest BCUT2D eigenvalue weighted by atomic mass is 35.5. The Kier molecular flexibility index (Phi) is 6.73. The maximum atomic E-state index is 5.93. The second-order valence-electron chi connectivity index (χ2n) is 5.08. The van der Waals surface area contributed by atoms with Crippen LogP contribution >= 0.6 is 11.6 Å². The molecule has 21 heavy (non-hydrogen) atoms. The highest BCUT2D eigenvalue weighted by Gasteiger charge is 2.07. The molecule has 0 amide bonds. The summed E-state index contributed by atoms with van der Waals surface area (Å²) >= 11 is 5.93. The summed E-state index contributed by atoms with van der Waals surface area (Å²) in [4.78, 5) is 2.37. The molecule has 2 aromatic rings. The van der Waals surface area contributed by atoms with Crippen molar-refractivity contribution in [1.29, 1.82) is 0 Å². The summed E-state index contributed by atoms with van der Waals surface area (Å²) in [7, 11) is 1.74. The van der Waals surface area contributed by atoms with Crippen LogP contribution in [0.3, 0.4) is 0 Å². The van der Waals surface area contributed by atoms with E-state index in [4.69, 9.17) is 16.3 Å². The van der Waals surface area contributed by atoms with Gasteiger partial charge in [-0.15, -0.1) is 0 Å². The van der Waals surface area contributed by atoms with Gasteiger partial charge in [0.15, 0.2) is 0 Å². The number of unbranched alkanes of at least 4 members (excludes halogenated alkanes) is 1. The van der Waals surface area contributed by atoms with Crippen LogP contribution in [0.4, 0.5) is 0 Å². The van der Waals surface area contributed by atoms with Gasteiger partial charge in [-0.3, -0.25) is 9.58 Å². The molecule has 0 saturated heterocycles. The van der Waals surface area contributed by atoms with Crippen molar-refractivity contribution in [2.45, 2.75) is 26.1 Å². The predicted octanol–water partition coefficient (Wildman–Crippen LogP) is 3.42. The summed E-state index contributed by atoms with van der Waals surface area (Å²) in [5, 5.41) is 4.94. The molecular weight excluding hydrogens is 286 g/mol. The van der Waals surface area contributed by atoms with Gasteiger partial charge in [-0.1, -0.05) is 41.9 Å². The van der Waals surface area contributed by atoms with Crippen LogP contribution in [-0.4, -0.2) is 34.9 Å². The molecule has 0 N–H and O–H groups in total. The third-order valence-electron chi connectivity index (χ3n) is 3.27. The molecule has 0 saturated carbocycles. The molecule has 0 fully saturated rings. The normalized spacial score (nSPS) is 11.2. The first-order valence-corrected chi connectivity index (χ1v) is 7.59. The van der Waals surface area contributed by atoms with Crippen LogP contribution in [-0.2, 0) is 18.0 Å². The monoisotopic (exact) mass is 307 g/mol. The van der Waals surface area contributed by atoms with Gasteiger partial charge >= 0.3 is 0 Å². The summed E-state index contributed by atoms with van der Waals surface area (Å²) in [6.07, 6.45) is 5.71. The Balaban J connectivity index is 1.92. The molecule has 5 heteroatoms. The molecule has 0 radical (unpaired) electrons. The minimum absolute atomic E-state index is 0.675. The summed E-state index contributed by atoms with van der Waals surface area (Å²) in [5.41, 5.74) is 1.31. The van der Waals surface area contributed by atoms with E-state index in [-0.39, 0.29) is 0 Å².